The summed E-state index contributed by atoms with van der Waals surface area (Å²) in [5, 5.41) is 5.35. The summed E-state index contributed by atoms with van der Waals surface area (Å²) in [5.41, 5.74) is 1.89. The van der Waals surface area contributed by atoms with E-state index in [0.29, 0.717) is 55.3 Å². The van der Waals surface area contributed by atoms with Gasteiger partial charge in [0.25, 0.3) is 5.91 Å². The molecule has 2 amide bonds. The lowest BCUT2D eigenvalue weighted by molar-refractivity contribution is -0.121. The van der Waals surface area contributed by atoms with Crippen molar-refractivity contribution < 1.29 is 18.0 Å². The van der Waals surface area contributed by atoms with Crippen LogP contribution in [0.15, 0.2) is 28.5 Å². The maximum atomic E-state index is 13.2. The van der Waals surface area contributed by atoms with Crippen molar-refractivity contribution in [2.24, 2.45) is 5.92 Å². The molecule has 178 valence electrons. The number of nitrogens with one attached hydrogen (secondary N) is 1. The van der Waals surface area contributed by atoms with Crippen LogP contribution >= 0.6 is 11.3 Å². The molecule has 33 heavy (non-hydrogen) atoms. The molecule has 2 saturated heterocycles. The number of anilines is 1. The number of nitrogens with zero attached hydrogens (tertiary/aromatic N) is 3. The summed E-state index contributed by atoms with van der Waals surface area (Å²) in [5.74, 6) is -0.437. The molecule has 0 unspecified atom stereocenters. The molecule has 0 atom stereocenters. The Hall–Kier alpha value is -2.30. The first-order valence-electron chi connectivity index (χ1n) is 11.4. The molecule has 0 aliphatic carbocycles. The summed E-state index contributed by atoms with van der Waals surface area (Å²) in [4.78, 5) is 31.9. The van der Waals surface area contributed by atoms with E-state index >= 15 is 0 Å². The second-order valence-electron chi connectivity index (χ2n) is 8.79. The molecular formula is C23H30N4O4S2. The third-order valence-electron chi connectivity index (χ3n) is 6.37. The molecule has 10 heteroatoms. The van der Waals surface area contributed by atoms with Gasteiger partial charge in [-0.2, -0.15) is 4.31 Å². The molecule has 3 heterocycles. The van der Waals surface area contributed by atoms with Gasteiger partial charge in [-0.25, -0.2) is 13.4 Å². The Balaban J connectivity index is 1.41. The topological polar surface area (TPSA) is 99.7 Å². The highest BCUT2D eigenvalue weighted by Gasteiger charge is 2.31. The first-order chi connectivity index (χ1) is 15.8. The molecular weight excluding hydrogens is 460 g/mol. The van der Waals surface area contributed by atoms with Gasteiger partial charge in [-0.05, 0) is 57.2 Å². The summed E-state index contributed by atoms with van der Waals surface area (Å²) in [6.07, 6.45) is 3.89. The zero-order chi connectivity index (χ0) is 23.6. The van der Waals surface area contributed by atoms with Gasteiger partial charge in [0.2, 0.25) is 15.9 Å². The Morgan fingerprint density at radius 1 is 1.06 bits per heavy atom. The van der Waals surface area contributed by atoms with E-state index in [1.807, 2.05) is 12.3 Å². The molecule has 2 aromatic rings. The largest absolute Gasteiger partial charge is 0.339 e. The SMILES string of the molecule is Cc1csc(NC(=O)C2CCN(C(=O)c3ccc(C)c(S(=O)(=O)N4CCCCC4)c3)CC2)n1. The zero-order valence-electron chi connectivity index (χ0n) is 19.0. The maximum Gasteiger partial charge on any atom is 0.253 e. The van der Waals surface area contributed by atoms with Crippen LogP contribution in [0.2, 0.25) is 0 Å². The van der Waals surface area contributed by atoms with Crippen molar-refractivity contribution in [2.75, 3.05) is 31.5 Å². The van der Waals surface area contributed by atoms with Gasteiger partial charge in [-0.3, -0.25) is 9.59 Å². The Morgan fingerprint density at radius 3 is 2.39 bits per heavy atom. The number of carbonyl (C=O) groups is 2. The number of benzene rings is 1. The van der Waals surface area contributed by atoms with Gasteiger partial charge in [0.1, 0.15) is 0 Å². The summed E-state index contributed by atoms with van der Waals surface area (Å²) in [6, 6.07) is 4.92. The van der Waals surface area contributed by atoms with Crippen molar-refractivity contribution in [1.29, 1.82) is 0 Å². The van der Waals surface area contributed by atoms with Crippen molar-refractivity contribution in [3.05, 3.63) is 40.4 Å². The fourth-order valence-electron chi connectivity index (χ4n) is 4.40. The third kappa shape index (κ3) is 5.28. The van der Waals surface area contributed by atoms with Crippen molar-refractivity contribution in [3.8, 4) is 0 Å². The highest BCUT2D eigenvalue weighted by Crippen LogP contribution is 2.26. The molecule has 1 N–H and O–H groups in total. The summed E-state index contributed by atoms with van der Waals surface area (Å²) in [7, 11) is -3.62. The minimum Gasteiger partial charge on any atom is -0.339 e. The minimum atomic E-state index is -3.62. The Kier molecular flexibility index (Phi) is 7.16. The number of thiazole rings is 1. The summed E-state index contributed by atoms with van der Waals surface area (Å²) < 4.78 is 27.9. The number of aryl methyl sites for hydroxylation is 2. The number of aromatic nitrogens is 1. The van der Waals surface area contributed by atoms with E-state index in [1.165, 1.54) is 21.7 Å². The highest BCUT2D eigenvalue weighted by atomic mass is 32.2. The molecule has 0 saturated carbocycles. The Morgan fingerprint density at radius 2 is 1.76 bits per heavy atom. The molecule has 2 fully saturated rings. The molecule has 8 nitrogen and oxygen atoms in total. The molecule has 4 rings (SSSR count). The maximum absolute atomic E-state index is 13.2. The lowest BCUT2D eigenvalue weighted by Gasteiger charge is -2.31. The predicted molar refractivity (Wildman–Crippen MR) is 128 cm³/mol. The summed E-state index contributed by atoms with van der Waals surface area (Å²) in [6.45, 7) is 5.60. The van der Waals surface area contributed by atoms with E-state index in [2.05, 4.69) is 10.3 Å². The molecule has 2 aliphatic heterocycles. The van der Waals surface area contributed by atoms with Gasteiger partial charge in [-0.15, -0.1) is 11.3 Å². The summed E-state index contributed by atoms with van der Waals surface area (Å²) >= 11 is 1.40. The quantitative estimate of drug-likeness (QED) is 0.692. The van der Waals surface area contributed by atoms with E-state index < -0.39 is 10.0 Å². The number of hydrogen-bond acceptors (Lipinski definition) is 6. The Bertz CT molecular complexity index is 1130. The monoisotopic (exact) mass is 490 g/mol. The Labute approximate surface area is 199 Å². The van der Waals surface area contributed by atoms with Crippen LogP contribution in [-0.4, -0.2) is 60.6 Å². The number of piperidine rings is 2. The van der Waals surface area contributed by atoms with Gasteiger partial charge < -0.3 is 10.2 Å². The van der Waals surface area contributed by atoms with E-state index in [0.717, 1.165) is 25.0 Å². The fourth-order valence-corrected chi connectivity index (χ4v) is 6.86. The number of amides is 2. The van der Waals surface area contributed by atoms with E-state index in [4.69, 9.17) is 0 Å². The van der Waals surface area contributed by atoms with Gasteiger partial charge in [0.05, 0.1) is 10.6 Å². The average molecular weight is 491 g/mol. The normalized spacial score (nSPS) is 18.3. The standard InChI is InChI=1S/C23H30N4O4S2/c1-16-6-7-19(14-20(16)33(30,31)27-10-4-3-5-11-27)22(29)26-12-8-18(9-13-26)21(28)25-23-24-17(2)15-32-23/h6-7,14-15,18H,3-5,8-13H2,1-2H3,(H,24,25,28). The van der Waals surface area contributed by atoms with Gasteiger partial charge in [0, 0.05) is 43.0 Å². The van der Waals surface area contributed by atoms with Crippen LogP contribution < -0.4 is 5.32 Å². The second kappa shape index (κ2) is 9.90. The molecule has 0 spiro atoms. The van der Waals surface area contributed by atoms with Crippen molar-refractivity contribution in [2.45, 2.75) is 50.8 Å². The van der Waals surface area contributed by atoms with Crippen molar-refractivity contribution in [1.82, 2.24) is 14.2 Å². The average Bonchev–Trinajstić information content (AvgIpc) is 3.23. The van der Waals surface area contributed by atoms with Crippen LogP contribution in [0.4, 0.5) is 5.13 Å². The molecule has 1 aromatic carbocycles. The van der Waals surface area contributed by atoms with Crippen LogP contribution in [-0.2, 0) is 14.8 Å². The molecule has 2 aliphatic rings. The second-order valence-corrected chi connectivity index (χ2v) is 11.6. The number of carbonyl (C=O) groups excluding carboxylic acids is 2. The molecule has 0 bridgehead atoms. The number of hydrogen-bond donors (Lipinski definition) is 1. The zero-order valence-corrected chi connectivity index (χ0v) is 20.7. The van der Waals surface area contributed by atoms with Crippen molar-refractivity contribution >= 4 is 38.3 Å². The number of rotatable bonds is 5. The first-order valence-corrected chi connectivity index (χ1v) is 13.7. The molecule has 1 aromatic heterocycles. The third-order valence-corrected chi connectivity index (χ3v) is 9.29. The van der Waals surface area contributed by atoms with Crippen LogP contribution in [0, 0.1) is 19.8 Å². The first kappa shape index (κ1) is 23.8. The minimum absolute atomic E-state index is 0.0679. The van der Waals surface area contributed by atoms with E-state index in [1.54, 1.807) is 24.0 Å². The van der Waals surface area contributed by atoms with Crippen LogP contribution in [0.5, 0.6) is 0 Å². The highest BCUT2D eigenvalue weighted by molar-refractivity contribution is 7.89. The van der Waals surface area contributed by atoms with Crippen molar-refractivity contribution in [3.63, 3.8) is 0 Å². The van der Waals surface area contributed by atoms with Crippen LogP contribution in [0.3, 0.4) is 0 Å². The van der Waals surface area contributed by atoms with E-state index in [-0.39, 0.29) is 22.6 Å². The smallest absolute Gasteiger partial charge is 0.253 e. The number of sulfonamides is 1. The van der Waals surface area contributed by atoms with Gasteiger partial charge in [0.15, 0.2) is 5.13 Å². The number of likely N-dealkylation sites (tertiary alicyclic amines) is 1. The predicted octanol–water partition coefficient (Wildman–Crippen LogP) is 3.43. The molecule has 0 radical (unpaired) electrons. The van der Waals surface area contributed by atoms with Gasteiger partial charge >= 0.3 is 0 Å². The van der Waals surface area contributed by atoms with Crippen LogP contribution in [0.1, 0.15) is 53.7 Å². The van der Waals surface area contributed by atoms with Gasteiger partial charge in [-0.1, -0.05) is 12.5 Å². The lowest BCUT2D eigenvalue weighted by atomic mass is 9.95. The lowest BCUT2D eigenvalue weighted by Crippen LogP contribution is -2.41. The van der Waals surface area contributed by atoms with E-state index in [9.17, 15) is 18.0 Å². The van der Waals surface area contributed by atoms with Crippen LogP contribution in [0.25, 0.3) is 0 Å². The fraction of sp³-hybridized carbons (Fsp3) is 0.522.